The predicted molar refractivity (Wildman–Crippen MR) is 107 cm³/mol. The van der Waals surface area contributed by atoms with E-state index in [9.17, 15) is 14.0 Å². The van der Waals surface area contributed by atoms with Crippen molar-refractivity contribution in [3.8, 4) is 0 Å². The number of piperazine rings is 1. The van der Waals surface area contributed by atoms with Crippen LogP contribution in [0.3, 0.4) is 0 Å². The summed E-state index contributed by atoms with van der Waals surface area (Å²) in [5.41, 5.74) is 1.77. The zero-order chi connectivity index (χ0) is 19.7. The Morgan fingerprint density at radius 1 is 0.964 bits per heavy atom. The molecule has 0 unspecified atom stereocenters. The summed E-state index contributed by atoms with van der Waals surface area (Å²) in [6, 6.07) is 14.0. The number of halogens is 1. The lowest BCUT2D eigenvalue weighted by Gasteiger charge is -2.37. The van der Waals surface area contributed by atoms with E-state index in [0.717, 1.165) is 16.9 Å². The van der Waals surface area contributed by atoms with Crippen molar-refractivity contribution in [3.63, 3.8) is 0 Å². The summed E-state index contributed by atoms with van der Waals surface area (Å²) in [5.74, 6) is -0.530. The SMILES string of the molecule is Cc1ccccc1NC(=O)C1(C(=O)N2CCN(c3ccc(F)cc3)CC2)CC1. The number of amides is 2. The second-order valence-electron chi connectivity index (χ2n) is 7.61. The van der Waals surface area contributed by atoms with Crippen LogP contribution in [0.25, 0.3) is 0 Å². The van der Waals surface area contributed by atoms with Crippen molar-refractivity contribution < 1.29 is 14.0 Å². The Morgan fingerprint density at radius 3 is 2.21 bits per heavy atom. The minimum Gasteiger partial charge on any atom is -0.368 e. The van der Waals surface area contributed by atoms with Crippen LogP contribution in [0.5, 0.6) is 0 Å². The average molecular weight is 381 g/mol. The van der Waals surface area contributed by atoms with E-state index in [1.807, 2.05) is 31.2 Å². The van der Waals surface area contributed by atoms with Crippen LogP contribution in [0.4, 0.5) is 15.8 Å². The van der Waals surface area contributed by atoms with Gasteiger partial charge in [-0.25, -0.2) is 4.39 Å². The molecule has 1 N–H and O–H groups in total. The maximum absolute atomic E-state index is 13.1. The Bertz CT molecular complexity index is 885. The molecule has 2 aliphatic rings. The Morgan fingerprint density at radius 2 is 1.61 bits per heavy atom. The molecule has 5 nitrogen and oxygen atoms in total. The van der Waals surface area contributed by atoms with Crippen molar-refractivity contribution >= 4 is 23.2 Å². The Hall–Kier alpha value is -2.89. The van der Waals surface area contributed by atoms with Gasteiger partial charge in [0.1, 0.15) is 11.2 Å². The largest absolute Gasteiger partial charge is 0.368 e. The molecule has 1 saturated carbocycles. The van der Waals surface area contributed by atoms with Crippen molar-refractivity contribution in [2.24, 2.45) is 5.41 Å². The van der Waals surface area contributed by atoms with Gasteiger partial charge >= 0.3 is 0 Å². The van der Waals surface area contributed by atoms with Crippen LogP contribution in [-0.2, 0) is 9.59 Å². The van der Waals surface area contributed by atoms with E-state index in [0.29, 0.717) is 39.0 Å². The molecule has 0 spiro atoms. The van der Waals surface area contributed by atoms with E-state index in [4.69, 9.17) is 0 Å². The van der Waals surface area contributed by atoms with E-state index in [1.165, 1.54) is 12.1 Å². The molecule has 1 aliphatic heterocycles. The summed E-state index contributed by atoms with van der Waals surface area (Å²) in [7, 11) is 0. The number of anilines is 2. The Labute approximate surface area is 164 Å². The number of carbonyl (C=O) groups excluding carboxylic acids is 2. The van der Waals surface area contributed by atoms with Gasteiger partial charge in [0, 0.05) is 37.6 Å². The fraction of sp³-hybridized carbons (Fsp3) is 0.364. The number of hydrogen-bond donors (Lipinski definition) is 1. The van der Waals surface area contributed by atoms with Gasteiger partial charge in [0.2, 0.25) is 11.8 Å². The number of nitrogens with zero attached hydrogens (tertiary/aromatic N) is 2. The highest BCUT2D eigenvalue weighted by molar-refractivity contribution is 6.13. The second-order valence-corrected chi connectivity index (χ2v) is 7.61. The standard InChI is InChI=1S/C22H24FN3O2/c1-16-4-2-3-5-19(16)24-20(27)22(10-11-22)21(28)26-14-12-25(13-15-26)18-8-6-17(23)7-9-18/h2-9H,10-15H2,1H3,(H,24,27). The number of rotatable bonds is 4. The van der Waals surface area contributed by atoms with Gasteiger partial charge in [-0.1, -0.05) is 18.2 Å². The lowest BCUT2D eigenvalue weighted by atomic mass is 10.0. The molecular weight excluding hydrogens is 357 g/mol. The lowest BCUT2D eigenvalue weighted by molar-refractivity contribution is -0.142. The Kier molecular flexibility index (Phi) is 4.79. The molecule has 1 aliphatic carbocycles. The topological polar surface area (TPSA) is 52.7 Å². The zero-order valence-corrected chi connectivity index (χ0v) is 16.0. The molecule has 0 radical (unpaired) electrons. The molecule has 1 heterocycles. The number of benzene rings is 2. The number of nitrogens with one attached hydrogen (secondary N) is 1. The van der Waals surface area contributed by atoms with Crippen LogP contribution < -0.4 is 10.2 Å². The molecule has 4 rings (SSSR count). The predicted octanol–water partition coefficient (Wildman–Crippen LogP) is 3.20. The fourth-order valence-electron chi connectivity index (χ4n) is 3.74. The average Bonchev–Trinajstić information content (AvgIpc) is 3.52. The summed E-state index contributed by atoms with van der Waals surface area (Å²) < 4.78 is 13.1. The van der Waals surface area contributed by atoms with Crippen LogP contribution in [0.15, 0.2) is 48.5 Å². The molecule has 0 atom stereocenters. The first-order valence-electron chi connectivity index (χ1n) is 9.67. The molecule has 0 bridgehead atoms. The summed E-state index contributed by atoms with van der Waals surface area (Å²) >= 11 is 0. The molecule has 2 aromatic carbocycles. The number of aryl methyl sites for hydroxylation is 1. The summed E-state index contributed by atoms with van der Waals surface area (Å²) in [6.45, 7) is 4.41. The van der Waals surface area contributed by atoms with Crippen molar-refractivity contribution in [1.29, 1.82) is 0 Å². The number of carbonyl (C=O) groups is 2. The van der Waals surface area contributed by atoms with Crippen LogP contribution in [0.1, 0.15) is 18.4 Å². The third kappa shape index (κ3) is 3.46. The highest BCUT2D eigenvalue weighted by Gasteiger charge is 2.58. The van der Waals surface area contributed by atoms with Crippen molar-refractivity contribution in [1.82, 2.24) is 4.90 Å². The van der Waals surface area contributed by atoms with Crippen LogP contribution in [-0.4, -0.2) is 42.9 Å². The van der Waals surface area contributed by atoms with E-state index in [2.05, 4.69) is 10.2 Å². The maximum atomic E-state index is 13.1. The molecule has 2 fully saturated rings. The van der Waals surface area contributed by atoms with Crippen LogP contribution in [0.2, 0.25) is 0 Å². The Balaban J connectivity index is 1.39. The summed E-state index contributed by atoms with van der Waals surface area (Å²) in [4.78, 5) is 29.9. The van der Waals surface area contributed by atoms with Gasteiger partial charge in [-0.2, -0.15) is 0 Å². The minimum absolute atomic E-state index is 0.0719. The monoisotopic (exact) mass is 381 g/mol. The van der Waals surface area contributed by atoms with Crippen molar-refractivity contribution in [2.45, 2.75) is 19.8 Å². The molecule has 1 saturated heterocycles. The smallest absolute Gasteiger partial charge is 0.240 e. The van der Waals surface area contributed by atoms with Gasteiger partial charge < -0.3 is 15.1 Å². The molecular formula is C22H24FN3O2. The zero-order valence-electron chi connectivity index (χ0n) is 16.0. The molecule has 0 aromatic heterocycles. The molecule has 6 heteroatoms. The second kappa shape index (κ2) is 7.26. The molecule has 28 heavy (non-hydrogen) atoms. The number of para-hydroxylation sites is 1. The molecule has 2 amide bonds. The first kappa shape index (κ1) is 18.5. The fourth-order valence-corrected chi connectivity index (χ4v) is 3.74. The third-order valence-electron chi connectivity index (χ3n) is 5.75. The lowest BCUT2D eigenvalue weighted by Crippen LogP contribution is -2.52. The van der Waals surface area contributed by atoms with Crippen molar-refractivity contribution in [2.75, 3.05) is 36.4 Å². The van der Waals surface area contributed by atoms with E-state index in [-0.39, 0.29) is 17.6 Å². The van der Waals surface area contributed by atoms with Gasteiger partial charge in [-0.15, -0.1) is 0 Å². The number of hydrogen-bond acceptors (Lipinski definition) is 3. The van der Waals surface area contributed by atoms with Gasteiger partial charge in [0.05, 0.1) is 0 Å². The highest BCUT2D eigenvalue weighted by Crippen LogP contribution is 2.48. The first-order valence-corrected chi connectivity index (χ1v) is 9.67. The van der Waals surface area contributed by atoms with Gasteiger partial charge in [-0.3, -0.25) is 9.59 Å². The summed E-state index contributed by atoms with van der Waals surface area (Å²) in [6.07, 6.45) is 1.20. The normalized spacial score (nSPS) is 17.9. The quantitative estimate of drug-likeness (QED) is 0.828. The van der Waals surface area contributed by atoms with E-state index < -0.39 is 5.41 Å². The van der Waals surface area contributed by atoms with Crippen LogP contribution in [0, 0.1) is 18.2 Å². The third-order valence-corrected chi connectivity index (χ3v) is 5.75. The first-order chi connectivity index (χ1) is 13.5. The van der Waals surface area contributed by atoms with E-state index >= 15 is 0 Å². The summed E-state index contributed by atoms with van der Waals surface area (Å²) in [5, 5.41) is 2.94. The van der Waals surface area contributed by atoms with E-state index in [1.54, 1.807) is 17.0 Å². The van der Waals surface area contributed by atoms with Gasteiger partial charge in [0.25, 0.3) is 0 Å². The maximum Gasteiger partial charge on any atom is 0.240 e. The van der Waals surface area contributed by atoms with Gasteiger partial charge in [-0.05, 0) is 55.7 Å². The molecule has 146 valence electrons. The van der Waals surface area contributed by atoms with Gasteiger partial charge in [0.15, 0.2) is 0 Å². The molecule has 2 aromatic rings. The van der Waals surface area contributed by atoms with Crippen LogP contribution >= 0.6 is 0 Å². The van der Waals surface area contributed by atoms with Crippen molar-refractivity contribution in [3.05, 3.63) is 59.9 Å². The highest BCUT2D eigenvalue weighted by atomic mass is 19.1. The minimum atomic E-state index is -0.916.